The molecule has 64 valence electrons. The third kappa shape index (κ3) is 1.60. The number of pyridine rings is 1. The fraction of sp³-hybridized carbons (Fsp3) is 0.250. The van der Waals surface area contributed by atoms with Crippen LogP contribution in [0.2, 0.25) is 0 Å². The van der Waals surface area contributed by atoms with E-state index in [0.717, 1.165) is 0 Å². The zero-order chi connectivity index (χ0) is 9.14. The van der Waals surface area contributed by atoms with E-state index in [2.05, 4.69) is 4.98 Å². The van der Waals surface area contributed by atoms with Crippen molar-refractivity contribution in [1.29, 1.82) is 0 Å². The van der Waals surface area contributed by atoms with Gasteiger partial charge in [-0.15, -0.1) is 0 Å². The number of nitrogen functional groups attached to an aromatic ring is 1. The quantitative estimate of drug-likeness (QED) is 0.616. The minimum Gasteiger partial charge on any atom is -0.398 e. The van der Waals surface area contributed by atoms with Crippen molar-refractivity contribution in [2.24, 2.45) is 0 Å². The average Bonchev–Trinajstić information content (AvgIpc) is 2.04. The van der Waals surface area contributed by atoms with Gasteiger partial charge in [0.25, 0.3) is 0 Å². The molecule has 0 saturated carbocycles. The molecule has 1 aromatic heterocycles. The highest BCUT2D eigenvalue weighted by molar-refractivity contribution is 6.02. The lowest BCUT2D eigenvalue weighted by atomic mass is 10.1. The Bertz CT molecular complexity index is 297. The summed E-state index contributed by atoms with van der Waals surface area (Å²) in [6.45, 7) is 1.40. The first-order valence-electron chi connectivity index (χ1n) is 3.54. The standard InChI is InChI=1S/C8H10N2O2/c1-5(11)8(12)6-4-10-3-2-7(6)9/h2-5,11H,1H3,(H2,9,10). The molecule has 0 aromatic carbocycles. The number of hydrogen-bond acceptors (Lipinski definition) is 4. The van der Waals surface area contributed by atoms with Gasteiger partial charge in [-0.2, -0.15) is 0 Å². The van der Waals surface area contributed by atoms with E-state index in [1.165, 1.54) is 25.4 Å². The van der Waals surface area contributed by atoms with Crippen LogP contribution in [0, 0.1) is 0 Å². The number of hydrogen-bond donors (Lipinski definition) is 2. The Hall–Kier alpha value is -1.42. The summed E-state index contributed by atoms with van der Waals surface area (Å²) >= 11 is 0. The molecule has 1 unspecified atom stereocenters. The fourth-order valence-corrected chi connectivity index (χ4v) is 0.836. The second kappa shape index (κ2) is 3.32. The van der Waals surface area contributed by atoms with Crippen molar-refractivity contribution in [2.45, 2.75) is 13.0 Å². The predicted molar refractivity (Wildman–Crippen MR) is 44.7 cm³/mol. The van der Waals surface area contributed by atoms with Gasteiger partial charge in [-0.05, 0) is 13.0 Å². The van der Waals surface area contributed by atoms with Crippen LogP contribution in [0.25, 0.3) is 0 Å². The highest BCUT2D eigenvalue weighted by Crippen LogP contribution is 2.10. The van der Waals surface area contributed by atoms with Crippen molar-refractivity contribution in [3.05, 3.63) is 24.0 Å². The molecule has 3 N–H and O–H groups in total. The summed E-state index contributed by atoms with van der Waals surface area (Å²) in [4.78, 5) is 14.9. The Balaban J connectivity index is 3.03. The largest absolute Gasteiger partial charge is 0.398 e. The summed E-state index contributed by atoms with van der Waals surface area (Å²) in [5.74, 6) is -0.402. The molecule has 4 nitrogen and oxygen atoms in total. The molecule has 1 heterocycles. The van der Waals surface area contributed by atoms with Crippen molar-refractivity contribution in [2.75, 3.05) is 5.73 Å². The van der Waals surface area contributed by atoms with Gasteiger partial charge in [0.2, 0.25) is 0 Å². The van der Waals surface area contributed by atoms with Crippen LogP contribution in [0.5, 0.6) is 0 Å². The SMILES string of the molecule is CC(O)C(=O)c1cnccc1N. The topological polar surface area (TPSA) is 76.2 Å². The number of nitrogens with zero attached hydrogens (tertiary/aromatic N) is 1. The van der Waals surface area contributed by atoms with Gasteiger partial charge in [0.15, 0.2) is 5.78 Å². The molecule has 1 aromatic rings. The van der Waals surface area contributed by atoms with Crippen LogP contribution in [-0.4, -0.2) is 22.0 Å². The van der Waals surface area contributed by atoms with Crippen molar-refractivity contribution in [1.82, 2.24) is 4.98 Å². The Morgan fingerprint density at radius 1 is 1.75 bits per heavy atom. The van der Waals surface area contributed by atoms with Gasteiger partial charge in [0, 0.05) is 18.1 Å². The molecular weight excluding hydrogens is 156 g/mol. The Morgan fingerprint density at radius 2 is 2.42 bits per heavy atom. The zero-order valence-electron chi connectivity index (χ0n) is 6.69. The molecule has 0 saturated heterocycles. The number of anilines is 1. The number of aliphatic hydroxyl groups is 1. The molecule has 0 bridgehead atoms. The number of aliphatic hydroxyl groups excluding tert-OH is 1. The van der Waals surface area contributed by atoms with Crippen LogP contribution in [0.4, 0.5) is 5.69 Å². The summed E-state index contributed by atoms with van der Waals surface area (Å²) in [7, 11) is 0. The van der Waals surface area contributed by atoms with Crippen molar-refractivity contribution in [3.8, 4) is 0 Å². The molecule has 0 aliphatic heterocycles. The van der Waals surface area contributed by atoms with Crippen LogP contribution in [0.15, 0.2) is 18.5 Å². The third-order valence-electron chi connectivity index (χ3n) is 1.50. The van der Waals surface area contributed by atoms with Crippen LogP contribution < -0.4 is 5.73 Å². The van der Waals surface area contributed by atoms with E-state index in [-0.39, 0.29) is 5.56 Å². The van der Waals surface area contributed by atoms with Gasteiger partial charge < -0.3 is 10.8 Å². The Labute approximate surface area is 70.0 Å². The lowest BCUT2D eigenvalue weighted by Crippen LogP contribution is -2.17. The zero-order valence-corrected chi connectivity index (χ0v) is 6.69. The van der Waals surface area contributed by atoms with Gasteiger partial charge in [0.1, 0.15) is 6.10 Å². The normalized spacial score (nSPS) is 12.5. The van der Waals surface area contributed by atoms with E-state index in [1.54, 1.807) is 0 Å². The maximum atomic E-state index is 11.2. The number of ketones is 1. The van der Waals surface area contributed by atoms with Gasteiger partial charge >= 0.3 is 0 Å². The van der Waals surface area contributed by atoms with E-state index in [0.29, 0.717) is 5.69 Å². The summed E-state index contributed by atoms with van der Waals surface area (Å²) in [5.41, 5.74) is 6.10. The molecule has 0 aliphatic carbocycles. The molecule has 0 fully saturated rings. The number of Topliss-reactive ketones (excluding diaryl/α,β-unsaturated/α-hetero) is 1. The summed E-state index contributed by atoms with van der Waals surface area (Å²) < 4.78 is 0. The molecule has 1 rings (SSSR count). The second-order valence-electron chi connectivity index (χ2n) is 2.50. The third-order valence-corrected chi connectivity index (χ3v) is 1.50. The maximum Gasteiger partial charge on any atom is 0.194 e. The van der Waals surface area contributed by atoms with E-state index in [9.17, 15) is 4.79 Å². The smallest absolute Gasteiger partial charge is 0.194 e. The first-order chi connectivity index (χ1) is 5.63. The number of aromatic nitrogens is 1. The molecule has 0 radical (unpaired) electrons. The molecule has 4 heteroatoms. The van der Waals surface area contributed by atoms with Crippen molar-refractivity contribution < 1.29 is 9.90 Å². The van der Waals surface area contributed by atoms with Crippen LogP contribution in [-0.2, 0) is 0 Å². The number of nitrogens with two attached hydrogens (primary N) is 1. The molecular formula is C8H10N2O2. The lowest BCUT2D eigenvalue weighted by molar-refractivity contribution is 0.0780. The van der Waals surface area contributed by atoms with Crippen molar-refractivity contribution >= 4 is 11.5 Å². The van der Waals surface area contributed by atoms with E-state index in [1.807, 2.05) is 0 Å². The average molecular weight is 166 g/mol. The maximum absolute atomic E-state index is 11.2. The number of rotatable bonds is 2. The first-order valence-corrected chi connectivity index (χ1v) is 3.54. The summed E-state index contributed by atoms with van der Waals surface area (Å²) in [6.07, 6.45) is 1.81. The van der Waals surface area contributed by atoms with Gasteiger partial charge in [0.05, 0.1) is 5.56 Å². The van der Waals surface area contributed by atoms with Crippen molar-refractivity contribution in [3.63, 3.8) is 0 Å². The van der Waals surface area contributed by atoms with E-state index < -0.39 is 11.9 Å². The van der Waals surface area contributed by atoms with Crippen LogP contribution in [0.1, 0.15) is 17.3 Å². The highest BCUT2D eigenvalue weighted by atomic mass is 16.3. The summed E-state index contributed by atoms with van der Waals surface area (Å²) in [5, 5.41) is 8.97. The van der Waals surface area contributed by atoms with Crippen LogP contribution in [0.3, 0.4) is 0 Å². The monoisotopic (exact) mass is 166 g/mol. The minimum absolute atomic E-state index is 0.271. The van der Waals surface area contributed by atoms with E-state index >= 15 is 0 Å². The second-order valence-corrected chi connectivity index (χ2v) is 2.50. The van der Waals surface area contributed by atoms with E-state index in [4.69, 9.17) is 10.8 Å². The molecule has 12 heavy (non-hydrogen) atoms. The number of carbonyl (C=O) groups is 1. The Morgan fingerprint density at radius 3 is 2.92 bits per heavy atom. The predicted octanol–water partition coefficient (Wildman–Crippen LogP) is 0.227. The molecule has 0 aliphatic rings. The summed E-state index contributed by atoms with van der Waals surface area (Å²) in [6, 6.07) is 1.52. The first kappa shape index (κ1) is 8.67. The van der Waals surface area contributed by atoms with Gasteiger partial charge in [-0.25, -0.2) is 0 Å². The molecule has 0 amide bonds. The highest BCUT2D eigenvalue weighted by Gasteiger charge is 2.14. The Kier molecular flexibility index (Phi) is 2.40. The number of carbonyl (C=O) groups excluding carboxylic acids is 1. The van der Waals surface area contributed by atoms with Crippen LogP contribution >= 0.6 is 0 Å². The van der Waals surface area contributed by atoms with Gasteiger partial charge in [-0.3, -0.25) is 9.78 Å². The molecule has 0 spiro atoms. The fourth-order valence-electron chi connectivity index (χ4n) is 0.836. The molecule has 1 atom stereocenters. The van der Waals surface area contributed by atoms with Gasteiger partial charge in [-0.1, -0.05) is 0 Å². The minimum atomic E-state index is -1.03. The lowest BCUT2D eigenvalue weighted by Gasteiger charge is -2.04.